The Bertz CT molecular complexity index is 280. The van der Waals surface area contributed by atoms with Crippen LogP contribution in [0.5, 0.6) is 0 Å². The molecule has 0 aliphatic rings. The van der Waals surface area contributed by atoms with Crippen LogP contribution >= 0.6 is 0 Å². The number of hydrogen-bond acceptors (Lipinski definition) is 3. The number of aryl methyl sites for hydroxylation is 2. The second kappa shape index (κ2) is 3.89. The summed E-state index contributed by atoms with van der Waals surface area (Å²) in [5, 5.41) is 14.0. The van der Waals surface area contributed by atoms with E-state index in [0.717, 1.165) is 17.7 Å². The number of aromatic nitrogens is 2. The Morgan fingerprint density at radius 3 is 2.77 bits per heavy atom. The number of aliphatic hydroxyl groups is 1. The standard InChI is InChI=1S/C9H17N3O/c1-4-8-7(5-12(3)11-8)9(13)6(2)10/h5-6,9,13H,4,10H2,1-3H3. The molecule has 2 unspecified atom stereocenters. The molecule has 0 spiro atoms. The number of nitrogens with zero attached hydrogens (tertiary/aromatic N) is 2. The van der Waals surface area contributed by atoms with E-state index >= 15 is 0 Å². The van der Waals surface area contributed by atoms with Gasteiger partial charge in [-0.05, 0) is 13.3 Å². The zero-order valence-electron chi connectivity index (χ0n) is 8.36. The number of nitrogens with two attached hydrogens (primary N) is 1. The van der Waals surface area contributed by atoms with E-state index in [1.165, 1.54) is 0 Å². The van der Waals surface area contributed by atoms with Gasteiger partial charge in [0.15, 0.2) is 0 Å². The monoisotopic (exact) mass is 183 g/mol. The Morgan fingerprint density at radius 2 is 2.31 bits per heavy atom. The lowest BCUT2D eigenvalue weighted by atomic mass is 10.0. The molecule has 1 aromatic rings. The van der Waals surface area contributed by atoms with E-state index in [1.807, 2.05) is 20.2 Å². The molecule has 4 heteroatoms. The summed E-state index contributed by atoms with van der Waals surface area (Å²) in [6.07, 6.45) is 2.04. The minimum Gasteiger partial charge on any atom is -0.387 e. The minimum absolute atomic E-state index is 0.255. The fourth-order valence-corrected chi connectivity index (χ4v) is 1.36. The predicted octanol–water partition coefficient (Wildman–Crippen LogP) is 0.363. The van der Waals surface area contributed by atoms with Gasteiger partial charge in [0.25, 0.3) is 0 Å². The van der Waals surface area contributed by atoms with Crippen molar-refractivity contribution < 1.29 is 5.11 Å². The minimum atomic E-state index is -0.608. The quantitative estimate of drug-likeness (QED) is 0.711. The fourth-order valence-electron chi connectivity index (χ4n) is 1.36. The largest absolute Gasteiger partial charge is 0.387 e. The summed E-state index contributed by atoms with van der Waals surface area (Å²) in [5.74, 6) is 0. The van der Waals surface area contributed by atoms with Crippen molar-refractivity contribution in [3.8, 4) is 0 Å². The highest BCUT2D eigenvalue weighted by atomic mass is 16.3. The lowest BCUT2D eigenvalue weighted by Gasteiger charge is -2.13. The van der Waals surface area contributed by atoms with Crippen molar-refractivity contribution in [3.05, 3.63) is 17.5 Å². The Morgan fingerprint density at radius 1 is 1.69 bits per heavy atom. The van der Waals surface area contributed by atoms with Gasteiger partial charge in [0.1, 0.15) is 0 Å². The zero-order valence-corrected chi connectivity index (χ0v) is 8.36. The summed E-state index contributed by atoms with van der Waals surface area (Å²) in [6.45, 7) is 3.80. The van der Waals surface area contributed by atoms with Crippen LogP contribution in [0.1, 0.15) is 31.2 Å². The number of hydrogen-bond donors (Lipinski definition) is 2. The van der Waals surface area contributed by atoms with Crippen LogP contribution in [0.2, 0.25) is 0 Å². The molecule has 3 N–H and O–H groups in total. The first-order chi connectivity index (χ1) is 6.06. The van der Waals surface area contributed by atoms with E-state index < -0.39 is 6.10 Å². The van der Waals surface area contributed by atoms with Crippen molar-refractivity contribution in [2.24, 2.45) is 12.8 Å². The third-order valence-electron chi connectivity index (χ3n) is 2.09. The molecule has 0 amide bonds. The average Bonchev–Trinajstić information content (AvgIpc) is 2.45. The van der Waals surface area contributed by atoms with Gasteiger partial charge in [0.05, 0.1) is 11.8 Å². The molecule has 0 saturated heterocycles. The molecule has 0 aromatic carbocycles. The van der Waals surface area contributed by atoms with E-state index in [4.69, 9.17) is 5.73 Å². The lowest BCUT2D eigenvalue weighted by molar-refractivity contribution is 0.152. The Balaban J connectivity index is 2.98. The van der Waals surface area contributed by atoms with Crippen LogP contribution in [0, 0.1) is 0 Å². The summed E-state index contributed by atoms with van der Waals surface area (Å²) in [5.41, 5.74) is 7.38. The molecule has 4 nitrogen and oxygen atoms in total. The number of rotatable bonds is 3. The second-order valence-electron chi connectivity index (χ2n) is 3.36. The first kappa shape index (κ1) is 10.2. The van der Waals surface area contributed by atoms with Crippen LogP contribution in [0.4, 0.5) is 0 Å². The molecule has 0 fully saturated rings. The predicted molar refractivity (Wildman–Crippen MR) is 51.2 cm³/mol. The van der Waals surface area contributed by atoms with Gasteiger partial charge in [-0.15, -0.1) is 0 Å². The Hall–Kier alpha value is -0.870. The fraction of sp³-hybridized carbons (Fsp3) is 0.667. The lowest BCUT2D eigenvalue weighted by Crippen LogP contribution is -2.24. The van der Waals surface area contributed by atoms with Gasteiger partial charge in [-0.2, -0.15) is 5.10 Å². The second-order valence-corrected chi connectivity index (χ2v) is 3.36. The van der Waals surface area contributed by atoms with Crippen LogP contribution in [-0.2, 0) is 13.5 Å². The molecule has 0 aliphatic carbocycles. The Kier molecular flexibility index (Phi) is 3.06. The van der Waals surface area contributed by atoms with Crippen molar-refractivity contribution in [2.45, 2.75) is 32.4 Å². The molecule has 0 saturated carbocycles. The van der Waals surface area contributed by atoms with E-state index in [9.17, 15) is 5.11 Å². The zero-order chi connectivity index (χ0) is 10.0. The van der Waals surface area contributed by atoms with Crippen LogP contribution in [0.3, 0.4) is 0 Å². The van der Waals surface area contributed by atoms with Gasteiger partial charge < -0.3 is 10.8 Å². The SMILES string of the molecule is CCc1nn(C)cc1C(O)C(C)N. The van der Waals surface area contributed by atoms with E-state index in [2.05, 4.69) is 5.10 Å². The highest BCUT2D eigenvalue weighted by Gasteiger charge is 2.18. The van der Waals surface area contributed by atoms with Crippen molar-refractivity contribution in [1.82, 2.24) is 9.78 Å². The average molecular weight is 183 g/mol. The molecule has 0 bridgehead atoms. The molecule has 2 atom stereocenters. The van der Waals surface area contributed by atoms with Crippen molar-refractivity contribution in [2.75, 3.05) is 0 Å². The maximum Gasteiger partial charge on any atom is 0.0971 e. The maximum absolute atomic E-state index is 9.74. The molecule has 1 aromatic heterocycles. The van der Waals surface area contributed by atoms with Gasteiger partial charge in [-0.3, -0.25) is 4.68 Å². The van der Waals surface area contributed by atoms with Gasteiger partial charge >= 0.3 is 0 Å². The van der Waals surface area contributed by atoms with Gasteiger partial charge in [-0.25, -0.2) is 0 Å². The van der Waals surface area contributed by atoms with Crippen LogP contribution in [0.15, 0.2) is 6.20 Å². The highest BCUT2D eigenvalue weighted by molar-refractivity contribution is 5.21. The Labute approximate surface area is 78.4 Å². The first-order valence-electron chi connectivity index (χ1n) is 4.52. The molecule has 74 valence electrons. The summed E-state index contributed by atoms with van der Waals surface area (Å²) < 4.78 is 1.71. The maximum atomic E-state index is 9.74. The van der Waals surface area contributed by atoms with Crippen molar-refractivity contribution >= 4 is 0 Å². The van der Waals surface area contributed by atoms with E-state index in [1.54, 1.807) is 11.6 Å². The molecule has 1 heterocycles. The summed E-state index contributed by atoms with van der Waals surface area (Å²) in [6, 6.07) is -0.255. The summed E-state index contributed by atoms with van der Waals surface area (Å²) >= 11 is 0. The van der Waals surface area contributed by atoms with Gasteiger partial charge in [0, 0.05) is 24.8 Å². The molecule has 0 aliphatic heterocycles. The third kappa shape index (κ3) is 2.08. The van der Waals surface area contributed by atoms with Crippen molar-refractivity contribution in [1.29, 1.82) is 0 Å². The summed E-state index contributed by atoms with van der Waals surface area (Å²) in [7, 11) is 1.84. The third-order valence-corrected chi connectivity index (χ3v) is 2.09. The normalized spacial score (nSPS) is 15.8. The van der Waals surface area contributed by atoms with E-state index in [-0.39, 0.29) is 6.04 Å². The molecular formula is C9H17N3O. The summed E-state index contributed by atoms with van der Waals surface area (Å²) in [4.78, 5) is 0. The molecule has 1 rings (SSSR count). The van der Waals surface area contributed by atoms with Crippen LogP contribution in [0.25, 0.3) is 0 Å². The van der Waals surface area contributed by atoms with Crippen LogP contribution in [-0.4, -0.2) is 20.9 Å². The van der Waals surface area contributed by atoms with Gasteiger partial charge in [0.2, 0.25) is 0 Å². The molecular weight excluding hydrogens is 166 g/mol. The van der Waals surface area contributed by atoms with Crippen molar-refractivity contribution in [3.63, 3.8) is 0 Å². The van der Waals surface area contributed by atoms with E-state index in [0.29, 0.717) is 0 Å². The number of aliphatic hydroxyl groups excluding tert-OH is 1. The molecule has 13 heavy (non-hydrogen) atoms. The smallest absolute Gasteiger partial charge is 0.0971 e. The highest BCUT2D eigenvalue weighted by Crippen LogP contribution is 2.19. The topological polar surface area (TPSA) is 64.1 Å². The van der Waals surface area contributed by atoms with Crippen LogP contribution < -0.4 is 5.73 Å². The van der Waals surface area contributed by atoms with Gasteiger partial charge in [-0.1, -0.05) is 6.92 Å². The first-order valence-corrected chi connectivity index (χ1v) is 4.52. The molecule has 0 radical (unpaired) electrons.